The smallest absolute Gasteiger partial charge is 0.262 e. The molecule has 1 amide bonds. The van der Waals surface area contributed by atoms with Crippen LogP contribution < -0.4 is 10.2 Å². The van der Waals surface area contributed by atoms with Crippen LogP contribution in [0.2, 0.25) is 0 Å². The first-order chi connectivity index (χ1) is 10.4. The van der Waals surface area contributed by atoms with Crippen molar-refractivity contribution in [3.63, 3.8) is 0 Å². The van der Waals surface area contributed by atoms with E-state index >= 15 is 0 Å². The Labute approximate surface area is 151 Å². The molecule has 1 aromatic rings. The maximum Gasteiger partial charge on any atom is 0.262 e. The summed E-state index contributed by atoms with van der Waals surface area (Å²) < 4.78 is 39.2. The van der Waals surface area contributed by atoms with Crippen molar-refractivity contribution in [1.29, 1.82) is 0 Å². The van der Waals surface area contributed by atoms with E-state index in [0.717, 1.165) is 5.69 Å². The van der Waals surface area contributed by atoms with Gasteiger partial charge < -0.3 is 9.80 Å². The zero-order chi connectivity index (χ0) is 15.7. The standard InChI is InChI=1S/C15H18F3N3O.2ClH/c16-11-1-3-12(4-2-11)20-5-7-21(8-6-20)14(22)13-9-15(17,18)10-19-13;;/h1-4,13,19H,5-10H2;2*1H. The first-order valence-electron chi connectivity index (χ1n) is 7.35. The fourth-order valence-electron chi connectivity index (χ4n) is 2.95. The van der Waals surface area contributed by atoms with Gasteiger partial charge in [0.2, 0.25) is 5.91 Å². The summed E-state index contributed by atoms with van der Waals surface area (Å²) in [5, 5.41) is 2.60. The molecule has 2 fully saturated rings. The van der Waals surface area contributed by atoms with Crippen LogP contribution in [0.15, 0.2) is 24.3 Å². The normalized spacial score (nSPS) is 22.5. The van der Waals surface area contributed by atoms with Gasteiger partial charge in [0.05, 0.1) is 12.6 Å². The predicted molar refractivity (Wildman–Crippen MR) is 91.0 cm³/mol. The number of alkyl halides is 2. The minimum absolute atomic E-state index is 0. The lowest BCUT2D eigenvalue weighted by atomic mass is 10.1. The summed E-state index contributed by atoms with van der Waals surface area (Å²) in [4.78, 5) is 15.9. The van der Waals surface area contributed by atoms with Crippen LogP contribution in [-0.2, 0) is 4.79 Å². The Balaban J connectivity index is 0.00000144. The molecule has 0 radical (unpaired) electrons. The Hall–Kier alpha value is -1.18. The Bertz CT molecular complexity index is 551. The number of anilines is 1. The minimum Gasteiger partial charge on any atom is -0.368 e. The molecule has 0 spiro atoms. The molecule has 1 atom stereocenters. The molecule has 136 valence electrons. The molecular weight excluding hydrogens is 366 g/mol. The molecule has 1 N–H and O–H groups in total. The van der Waals surface area contributed by atoms with Crippen molar-refractivity contribution in [2.24, 2.45) is 0 Å². The number of benzene rings is 1. The Kier molecular flexibility index (Phi) is 7.19. The summed E-state index contributed by atoms with van der Waals surface area (Å²) in [6, 6.07) is 5.42. The molecule has 2 heterocycles. The molecule has 0 saturated carbocycles. The van der Waals surface area contributed by atoms with Crippen LogP contribution in [-0.4, -0.2) is 55.5 Å². The summed E-state index contributed by atoms with van der Waals surface area (Å²) in [6.07, 6.45) is -0.427. The van der Waals surface area contributed by atoms with Gasteiger partial charge in [-0.2, -0.15) is 0 Å². The van der Waals surface area contributed by atoms with Gasteiger partial charge in [-0.1, -0.05) is 0 Å². The third-order valence-electron chi connectivity index (χ3n) is 4.19. The monoisotopic (exact) mass is 385 g/mol. The highest BCUT2D eigenvalue weighted by Crippen LogP contribution is 2.26. The molecule has 1 unspecified atom stereocenters. The van der Waals surface area contributed by atoms with Crippen molar-refractivity contribution < 1.29 is 18.0 Å². The van der Waals surface area contributed by atoms with Crippen LogP contribution in [0.3, 0.4) is 0 Å². The Morgan fingerprint density at radius 2 is 1.67 bits per heavy atom. The lowest BCUT2D eigenvalue weighted by molar-refractivity contribution is -0.134. The third kappa shape index (κ3) is 4.68. The molecule has 4 nitrogen and oxygen atoms in total. The van der Waals surface area contributed by atoms with Crippen molar-refractivity contribution in [3.05, 3.63) is 30.1 Å². The number of hydrogen-bond acceptors (Lipinski definition) is 3. The number of hydrogen-bond donors (Lipinski definition) is 1. The maximum absolute atomic E-state index is 13.2. The fraction of sp³-hybridized carbons (Fsp3) is 0.533. The topological polar surface area (TPSA) is 35.6 Å². The molecule has 2 aliphatic heterocycles. The largest absolute Gasteiger partial charge is 0.368 e. The first kappa shape index (κ1) is 20.9. The van der Waals surface area contributed by atoms with E-state index < -0.39 is 24.9 Å². The summed E-state index contributed by atoms with van der Waals surface area (Å²) in [5.41, 5.74) is 0.902. The SMILES string of the molecule is Cl.Cl.O=C(C1CC(F)(F)CN1)N1CCN(c2ccc(F)cc2)CC1. The minimum atomic E-state index is -2.80. The molecular formula is C15H20Cl2F3N3O. The fourth-order valence-corrected chi connectivity index (χ4v) is 2.95. The average molecular weight is 386 g/mol. The molecule has 1 aromatic carbocycles. The van der Waals surface area contributed by atoms with Crippen LogP contribution in [0.5, 0.6) is 0 Å². The second kappa shape index (κ2) is 8.27. The summed E-state index contributed by atoms with van der Waals surface area (Å²) in [7, 11) is 0. The van der Waals surface area contributed by atoms with Crippen LogP contribution in [0.25, 0.3) is 0 Å². The van der Waals surface area contributed by atoms with Crippen LogP contribution in [0.4, 0.5) is 18.9 Å². The van der Waals surface area contributed by atoms with Crippen LogP contribution in [0, 0.1) is 5.82 Å². The second-order valence-corrected chi connectivity index (χ2v) is 5.78. The maximum atomic E-state index is 13.2. The Morgan fingerprint density at radius 3 is 2.17 bits per heavy atom. The predicted octanol–water partition coefficient (Wildman–Crippen LogP) is 2.32. The molecule has 9 heteroatoms. The van der Waals surface area contributed by atoms with Crippen molar-refractivity contribution >= 4 is 36.4 Å². The molecule has 2 saturated heterocycles. The van der Waals surface area contributed by atoms with Crippen molar-refractivity contribution in [3.8, 4) is 0 Å². The molecule has 0 aliphatic carbocycles. The van der Waals surface area contributed by atoms with E-state index in [2.05, 4.69) is 10.2 Å². The number of carbonyl (C=O) groups excluding carboxylic acids is 1. The summed E-state index contributed by atoms with van der Waals surface area (Å²) in [6.45, 7) is 1.76. The van der Waals surface area contributed by atoms with E-state index in [1.807, 2.05) is 0 Å². The number of nitrogens with one attached hydrogen (secondary N) is 1. The van der Waals surface area contributed by atoms with Crippen molar-refractivity contribution in [2.45, 2.75) is 18.4 Å². The number of carbonyl (C=O) groups is 1. The van der Waals surface area contributed by atoms with E-state index in [0.29, 0.717) is 26.2 Å². The van der Waals surface area contributed by atoms with Crippen molar-refractivity contribution in [1.82, 2.24) is 10.2 Å². The van der Waals surface area contributed by atoms with E-state index in [-0.39, 0.29) is 36.5 Å². The van der Waals surface area contributed by atoms with Gasteiger partial charge in [0.25, 0.3) is 5.92 Å². The molecule has 24 heavy (non-hydrogen) atoms. The highest BCUT2D eigenvalue weighted by molar-refractivity contribution is 5.85. The van der Waals surface area contributed by atoms with E-state index in [1.165, 1.54) is 12.1 Å². The number of halogens is 5. The number of amides is 1. The van der Waals surface area contributed by atoms with Gasteiger partial charge >= 0.3 is 0 Å². The lowest BCUT2D eigenvalue weighted by Crippen LogP contribution is -2.53. The zero-order valence-corrected chi connectivity index (χ0v) is 14.5. The average Bonchev–Trinajstić information content (AvgIpc) is 2.88. The van der Waals surface area contributed by atoms with Gasteiger partial charge in [-0.25, -0.2) is 13.2 Å². The van der Waals surface area contributed by atoms with Gasteiger partial charge in [-0.3, -0.25) is 10.1 Å². The first-order valence-corrected chi connectivity index (χ1v) is 7.35. The van der Waals surface area contributed by atoms with Crippen LogP contribution >= 0.6 is 24.8 Å². The van der Waals surface area contributed by atoms with Crippen LogP contribution in [0.1, 0.15) is 6.42 Å². The summed E-state index contributed by atoms with van der Waals surface area (Å²) >= 11 is 0. The number of rotatable bonds is 2. The summed E-state index contributed by atoms with van der Waals surface area (Å²) in [5.74, 6) is -3.34. The quantitative estimate of drug-likeness (QED) is 0.848. The second-order valence-electron chi connectivity index (χ2n) is 5.78. The molecule has 0 bridgehead atoms. The van der Waals surface area contributed by atoms with E-state index in [1.54, 1.807) is 17.0 Å². The van der Waals surface area contributed by atoms with Gasteiger partial charge in [-0.15, -0.1) is 24.8 Å². The lowest BCUT2D eigenvalue weighted by Gasteiger charge is -2.37. The van der Waals surface area contributed by atoms with Gasteiger partial charge in [-0.05, 0) is 24.3 Å². The van der Waals surface area contributed by atoms with Crippen molar-refractivity contribution in [2.75, 3.05) is 37.6 Å². The molecule has 2 aliphatic rings. The molecule has 3 rings (SSSR count). The highest BCUT2D eigenvalue weighted by Gasteiger charge is 2.43. The highest BCUT2D eigenvalue weighted by atomic mass is 35.5. The van der Waals surface area contributed by atoms with Gasteiger partial charge in [0.1, 0.15) is 5.82 Å². The van der Waals surface area contributed by atoms with Gasteiger partial charge in [0.15, 0.2) is 0 Å². The zero-order valence-electron chi connectivity index (χ0n) is 12.9. The molecule has 0 aromatic heterocycles. The third-order valence-corrected chi connectivity index (χ3v) is 4.19. The van der Waals surface area contributed by atoms with E-state index in [9.17, 15) is 18.0 Å². The van der Waals surface area contributed by atoms with E-state index in [4.69, 9.17) is 0 Å². The number of piperazine rings is 1. The number of nitrogens with zero attached hydrogens (tertiary/aromatic N) is 2. The Morgan fingerprint density at radius 1 is 1.08 bits per heavy atom. The van der Waals surface area contributed by atoms with Gasteiger partial charge in [0, 0.05) is 38.3 Å².